The maximum Gasteiger partial charge on any atom is 0.408 e. The van der Waals surface area contributed by atoms with Crippen LogP contribution in [0.2, 0.25) is 0 Å². The van der Waals surface area contributed by atoms with E-state index in [4.69, 9.17) is 10.5 Å². The van der Waals surface area contributed by atoms with Crippen molar-refractivity contribution >= 4 is 40.5 Å². The van der Waals surface area contributed by atoms with Crippen molar-refractivity contribution in [2.24, 2.45) is 11.7 Å². The van der Waals surface area contributed by atoms with Gasteiger partial charge in [-0.25, -0.2) is 4.79 Å². The van der Waals surface area contributed by atoms with Crippen LogP contribution in [0.25, 0.3) is 0 Å². The molecule has 2 rings (SSSR count). The van der Waals surface area contributed by atoms with Gasteiger partial charge in [0.05, 0.1) is 0 Å². The maximum atomic E-state index is 12.8. The van der Waals surface area contributed by atoms with E-state index < -0.39 is 30.0 Å². The number of hydrogen-bond donors (Lipinski definition) is 3. The molecule has 0 bridgehead atoms. The summed E-state index contributed by atoms with van der Waals surface area (Å²) >= 11 is 2.17. The minimum absolute atomic E-state index is 0.0927. The molecule has 2 aromatic rings. The minimum Gasteiger partial charge on any atom is -0.445 e. The van der Waals surface area contributed by atoms with Gasteiger partial charge in [-0.3, -0.25) is 9.59 Å². The summed E-state index contributed by atoms with van der Waals surface area (Å²) in [5.41, 5.74) is 7.24. The van der Waals surface area contributed by atoms with Crippen LogP contribution in [0.3, 0.4) is 0 Å². The number of halogens is 1. The Morgan fingerprint density at radius 1 is 1.00 bits per heavy atom. The van der Waals surface area contributed by atoms with Gasteiger partial charge < -0.3 is 21.1 Å². The molecule has 0 heterocycles. The second-order valence-electron chi connectivity index (χ2n) is 7.19. The Morgan fingerprint density at radius 3 is 2.23 bits per heavy atom. The number of rotatable bonds is 9. The number of hydrogen-bond acceptors (Lipinski definition) is 4. The highest BCUT2D eigenvalue weighted by Gasteiger charge is 2.28. The van der Waals surface area contributed by atoms with Gasteiger partial charge in [-0.1, -0.05) is 62.4 Å². The second kappa shape index (κ2) is 11.5. The van der Waals surface area contributed by atoms with Gasteiger partial charge in [-0.15, -0.1) is 0 Å². The van der Waals surface area contributed by atoms with Gasteiger partial charge in [-0.2, -0.15) is 0 Å². The topological polar surface area (TPSA) is 111 Å². The van der Waals surface area contributed by atoms with E-state index in [0.29, 0.717) is 0 Å². The largest absolute Gasteiger partial charge is 0.445 e. The van der Waals surface area contributed by atoms with Crippen molar-refractivity contribution in [3.8, 4) is 0 Å². The molecule has 2 atom stereocenters. The van der Waals surface area contributed by atoms with Crippen LogP contribution in [0.5, 0.6) is 0 Å². The normalized spacial score (nSPS) is 12.7. The zero-order valence-corrected chi connectivity index (χ0v) is 19.1. The fourth-order valence-corrected chi connectivity index (χ4v) is 3.40. The Hall–Kier alpha value is -2.62. The zero-order chi connectivity index (χ0) is 22.1. The maximum absolute atomic E-state index is 12.8. The van der Waals surface area contributed by atoms with Crippen molar-refractivity contribution in [1.29, 1.82) is 0 Å². The molecule has 0 spiro atoms. The molecule has 0 unspecified atom stereocenters. The lowest BCUT2D eigenvalue weighted by Gasteiger charge is -2.24. The zero-order valence-electron chi connectivity index (χ0n) is 16.9. The van der Waals surface area contributed by atoms with E-state index in [1.54, 1.807) is 13.8 Å². The molecule has 0 aliphatic carbocycles. The van der Waals surface area contributed by atoms with Gasteiger partial charge in [0, 0.05) is 9.99 Å². The number of ether oxygens (including phenoxy) is 1. The Kier molecular flexibility index (Phi) is 9.10. The van der Waals surface area contributed by atoms with Crippen molar-refractivity contribution in [2.45, 2.75) is 39.0 Å². The fraction of sp³-hybridized carbons (Fsp3) is 0.318. The predicted octanol–water partition coefficient (Wildman–Crippen LogP) is 2.75. The molecular weight excluding hydrogens is 497 g/mol. The number of nitrogens with one attached hydrogen (secondary N) is 2. The van der Waals surface area contributed by atoms with Crippen molar-refractivity contribution in [3.05, 3.63) is 69.3 Å². The lowest BCUT2D eigenvalue weighted by Crippen LogP contribution is -2.55. The molecule has 7 nitrogen and oxygen atoms in total. The smallest absolute Gasteiger partial charge is 0.408 e. The Morgan fingerprint density at radius 2 is 1.63 bits per heavy atom. The predicted molar refractivity (Wildman–Crippen MR) is 122 cm³/mol. The standard InChI is InChI=1S/C22H26IN3O4/c1-14(2)19(26-22(29)30-13-15-8-4-3-5-9-15)21(28)25-18(20(24)27)12-16-10-6-7-11-17(16)23/h3-11,14,18-19H,12-13H2,1-2H3,(H2,24,27)(H,25,28)(H,26,29)/t18-,19-/m1/s1. The van der Waals surface area contributed by atoms with Gasteiger partial charge in [-0.05, 0) is 45.7 Å². The Balaban J connectivity index is 1.99. The first-order valence-electron chi connectivity index (χ1n) is 9.58. The minimum atomic E-state index is -0.892. The van der Waals surface area contributed by atoms with E-state index in [1.165, 1.54) is 0 Å². The van der Waals surface area contributed by atoms with E-state index in [-0.39, 0.29) is 18.9 Å². The van der Waals surface area contributed by atoms with Gasteiger partial charge in [0.1, 0.15) is 18.7 Å². The third-order valence-corrected chi connectivity index (χ3v) is 5.53. The molecule has 30 heavy (non-hydrogen) atoms. The van der Waals surface area contributed by atoms with E-state index >= 15 is 0 Å². The highest BCUT2D eigenvalue weighted by atomic mass is 127. The number of benzene rings is 2. The Labute approximate surface area is 189 Å². The third-order valence-electron chi connectivity index (χ3n) is 4.48. The number of primary amides is 1. The molecule has 0 aliphatic heterocycles. The van der Waals surface area contributed by atoms with Crippen molar-refractivity contribution in [3.63, 3.8) is 0 Å². The lowest BCUT2D eigenvalue weighted by atomic mass is 10.0. The van der Waals surface area contributed by atoms with Crippen LogP contribution < -0.4 is 16.4 Å². The van der Waals surface area contributed by atoms with Gasteiger partial charge in [0.15, 0.2) is 0 Å². The molecular formula is C22H26IN3O4. The summed E-state index contributed by atoms with van der Waals surface area (Å²) in [5, 5.41) is 5.24. The highest BCUT2D eigenvalue weighted by Crippen LogP contribution is 2.14. The van der Waals surface area contributed by atoms with Crippen LogP contribution >= 0.6 is 22.6 Å². The molecule has 8 heteroatoms. The number of alkyl carbamates (subject to hydrolysis) is 1. The van der Waals surface area contributed by atoms with Crippen molar-refractivity contribution < 1.29 is 19.1 Å². The highest BCUT2D eigenvalue weighted by molar-refractivity contribution is 14.1. The van der Waals surface area contributed by atoms with Gasteiger partial charge in [0.25, 0.3) is 0 Å². The SMILES string of the molecule is CC(C)[C@@H](NC(=O)OCc1ccccc1)C(=O)N[C@H](Cc1ccccc1I)C(N)=O. The second-order valence-corrected chi connectivity index (χ2v) is 8.35. The molecule has 0 aliphatic rings. The molecule has 0 saturated carbocycles. The number of carbonyl (C=O) groups excluding carboxylic acids is 3. The molecule has 0 radical (unpaired) electrons. The molecule has 0 aromatic heterocycles. The van der Waals surface area contributed by atoms with Crippen LogP contribution in [-0.2, 0) is 27.4 Å². The third kappa shape index (κ3) is 7.33. The van der Waals surface area contributed by atoms with E-state index in [0.717, 1.165) is 14.7 Å². The molecule has 2 aromatic carbocycles. The average molecular weight is 523 g/mol. The number of nitrogens with two attached hydrogens (primary N) is 1. The van der Waals surface area contributed by atoms with E-state index in [1.807, 2.05) is 54.6 Å². The fourth-order valence-electron chi connectivity index (χ4n) is 2.79. The van der Waals surface area contributed by atoms with Crippen LogP contribution in [0.15, 0.2) is 54.6 Å². The summed E-state index contributed by atoms with van der Waals surface area (Å²) in [6.45, 7) is 3.68. The quantitative estimate of drug-likeness (QED) is 0.439. The van der Waals surface area contributed by atoms with E-state index in [9.17, 15) is 14.4 Å². The average Bonchev–Trinajstić information content (AvgIpc) is 2.71. The van der Waals surface area contributed by atoms with Gasteiger partial charge in [0.2, 0.25) is 11.8 Å². The Bertz CT molecular complexity index is 874. The summed E-state index contributed by atoms with van der Waals surface area (Å²) in [5.74, 6) is -1.35. The number of carbonyl (C=O) groups is 3. The first-order valence-corrected chi connectivity index (χ1v) is 10.7. The summed E-state index contributed by atoms with van der Waals surface area (Å²) in [6, 6.07) is 15.0. The molecule has 0 saturated heterocycles. The summed E-state index contributed by atoms with van der Waals surface area (Å²) in [4.78, 5) is 36.9. The van der Waals surface area contributed by atoms with Crippen LogP contribution in [0.1, 0.15) is 25.0 Å². The van der Waals surface area contributed by atoms with Crippen LogP contribution in [0, 0.1) is 9.49 Å². The van der Waals surface area contributed by atoms with Crippen molar-refractivity contribution in [1.82, 2.24) is 10.6 Å². The lowest BCUT2D eigenvalue weighted by molar-refractivity contribution is -0.129. The summed E-state index contributed by atoms with van der Waals surface area (Å²) in [6.07, 6.45) is -0.440. The molecule has 0 fully saturated rings. The summed E-state index contributed by atoms with van der Waals surface area (Å²) < 4.78 is 6.17. The van der Waals surface area contributed by atoms with Crippen molar-refractivity contribution in [2.75, 3.05) is 0 Å². The summed E-state index contributed by atoms with van der Waals surface area (Å²) in [7, 11) is 0. The first-order chi connectivity index (χ1) is 14.3. The molecule has 160 valence electrons. The van der Waals surface area contributed by atoms with Crippen LogP contribution in [0.4, 0.5) is 4.79 Å². The number of amides is 3. The van der Waals surface area contributed by atoms with Crippen LogP contribution in [-0.4, -0.2) is 30.0 Å². The molecule has 4 N–H and O–H groups in total. The van der Waals surface area contributed by atoms with E-state index in [2.05, 4.69) is 33.2 Å². The molecule has 3 amide bonds. The van der Waals surface area contributed by atoms with Gasteiger partial charge >= 0.3 is 6.09 Å². The first kappa shape index (κ1) is 23.7. The monoisotopic (exact) mass is 523 g/mol.